The largest absolute Gasteiger partial charge is 0.352 e. The number of amides is 1. The second-order valence-electron chi connectivity index (χ2n) is 8.09. The van der Waals surface area contributed by atoms with Gasteiger partial charge in [-0.2, -0.15) is 0 Å². The number of aromatic nitrogens is 3. The third-order valence-electron chi connectivity index (χ3n) is 5.70. The van der Waals surface area contributed by atoms with Crippen molar-refractivity contribution in [2.75, 3.05) is 18.4 Å². The van der Waals surface area contributed by atoms with Gasteiger partial charge >= 0.3 is 0 Å². The standard InChI is InChI=1S/C22H24BrN5O/c1-22(2)9-5-11-28(18(22)14-27-21-25-12-16(23)13-26-21)20(29)17-8-3-6-15-7-4-10-24-19(15)17/h3-4,6-8,10,12-13,18H,5,9,11,14H2,1-2H3,(H,25,26,27)/t18-/m1/s1. The molecule has 3 heterocycles. The Balaban J connectivity index is 1.62. The maximum absolute atomic E-state index is 13.6. The smallest absolute Gasteiger partial charge is 0.256 e. The normalized spacial score (nSPS) is 18.6. The number of rotatable bonds is 4. The van der Waals surface area contributed by atoms with Crippen LogP contribution < -0.4 is 5.32 Å². The highest BCUT2D eigenvalue weighted by Gasteiger charge is 2.40. The van der Waals surface area contributed by atoms with Crippen molar-refractivity contribution < 1.29 is 4.79 Å². The molecule has 0 unspecified atom stereocenters. The highest BCUT2D eigenvalue weighted by Crippen LogP contribution is 2.36. The van der Waals surface area contributed by atoms with Crippen molar-refractivity contribution in [3.05, 3.63) is 59.0 Å². The molecule has 0 radical (unpaired) electrons. The fourth-order valence-corrected chi connectivity index (χ4v) is 4.31. The molecule has 29 heavy (non-hydrogen) atoms. The van der Waals surface area contributed by atoms with Crippen molar-refractivity contribution in [1.29, 1.82) is 0 Å². The Bertz CT molecular complexity index is 1020. The number of nitrogens with one attached hydrogen (secondary N) is 1. The number of hydrogen-bond donors (Lipinski definition) is 1. The molecule has 1 fully saturated rings. The van der Waals surface area contributed by atoms with E-state index in [0.717, 1.165) is 34.8 Å². The summed E-state index contributed by atoms with van der Waals surface area (Å²) in [7, 11) is 0. The molecule has 1 N–H and O–H groups in total. The van der Waals surface area contributed by atoms with Gasteiger partial charge in [0, 0.05) is 37.1 Å². The number of pyridine rings is 1. The van der Waals surface area contributed by atoms with Gasteiger partial charge in [0.25, 0.3) is 5.91 Å². The summed E-state index contributed by atoms with van der Waals surface area (Å²) < 4.78 is 0.835. The second kappa shape index (κ2) is 8.06. The second-order valence-corrected chi connectivity index (χ2v) is 9.01. The fraction of sp³-hybridized carbons (Fsp3) is 0.364. The van der Waals surface area contributed by atoms with Crippen molar-refractivity contribution in [3.8, 4) is 0 Å². The molecule has 1 saturated heterocycles. The average Bonchev–Trinajstić information content (AvgIpc) is 2.72. The van der Waals surface area contributed by atoms with E-state index in [-0.39, 0.29) is 17.4 Å². The van der Waals surface area contributed by atoms with Gasteiger partial charge in [0.2, 0.25) is 5.95 Å². The van der Waals surface area contributed by atoms with Gasteiger partial charge in [0.05, 0.1) is 21.6 Å². The Labute approximate surface area is 178 Å². The number of halogens is 1. The van der Waals surface area contributed by atoms with Crippen molar-refractivity contribution in [1.82, 2.24) is 19.9 Å². The summed E-state index contributed by atoms with van der Waals surface area (Å²) in [5, 5.41) is 4.30. The molecular weight excluding hydrogens is 430 g/mol. The lowest BCUT2D eigenvalue weighted by Crippen LogP contribution is -2.55. The van der Waals surface area contributed by atoms with Crippen LogP contribution in [0.2, 0.25) is 0 Å². The summed E-state index contributed by atoms with van der Waals surface area (Å²) in [6.45, 7) is 5.78. The van der Waals surface area contributed by atoms with Crippen molar-refractivity contribution in [3.63, 3.8) is 0 Å². The Morgan fingerprint density at radius 3 is 2.76 bits per heavy atom. The first-order valence-electron chi connectivity index (χ1n) is 9.82. The van der Waals surface area contributed by atoms with E-state index >= 15 is 0 Å². The molecule has 1 aromatic carbocycles. The predicted octanol–water partition coefficient (Wildman–Crippen LogP) is 4.53. The van der Waals surface area contributed by atoms with E-state index in [0.29, 0.717) is 18.1 Å². The number of anilines is 1. The molecule has 3 aromatic rings. The summed E-state index contributed by atoms with van der Waals surface area (Å²) in [6, 6.07) is 9.70. The maximum Gasteiger partial charge on any atom is 0.256 e. The van der Waals surface area contributed by atoms with Crippen LogP contribution in [0.3, 0.4) is 0 Å². The first-order valence-corrected chi connectivity index (χ1v) is 10.6. The highest BCUT2D eigenvalue weighted by molar-refractivity contribution is 9.10. The van der Waals surface area contributed by atoms with Gasteiger partial charge < -0.3 is 10.2 Å². The van der Waals surface area contributed by atoms with Gasteiger partial charge in [-0.1, -0.05) is 32.0 Å². The predicted molar refractivity (Wildman–Crippen MR) is 118 cm³/mol. The molecular formula is C22H24BrN5O. The summed E-state index contributed by atoms with van der Waals surface area (Å²) in [5.41, 5.74) is 1.39. The van der Waals surface area contributed by atoms with E-state index in [1.165, 1.54) is 0 Å². The number of para-hydroxylation sites is 1. The first kappa shape index (κ1) is 19.8. The number of fused-ring (bicyclic) bond motifs is 1. The molecule has 150 valence electrons. The number of hydrogen-bond acceptors (Lipinski definition) is 5. The van der Waals surface area contributed by atoms with Crippen LogP contribution in [0.1, 0.15) is 37.0 Å². The monoisotopic (exact) mass is 453 g/mol. The minimum absolute atomic E-state index is 0.0196. The summed E-state index contributed by atoms with van der Waals surface area (Å²) >= 11 is 3.35. The van der Waals surface area contributed by atoms with Crippen LogP contribution in [-0.2, 0) is 0 Å². The topological polar surface area (TPSA) is 71.0 Å². The van der Waals surface area contributed by atoms with Crippen LogP contribution >= 0.6 is 15.9 Å². The van der Waals surface area contributed by atoms with E-state index in [9.17, 15) is 4.79 Å². The zero-order valence-corrected chi connectivity index (χ0v) is 18.2. The van der Waals surface area contributed by atoms with Crippen LogP contribution in [0, 0.1) is 5.41 Å². The fourth-order valence-electron chi connectivity index (χ4n) is 4.10. The first-order chi connectivity index (χ1) is 14.0. The Hall–Kier alpha value is -2.54. The van der Waals surface area contributed by atoms with Gasteiger partial charge in [0.15, 0.2) is 0 Å². The molecule has 4 rings (SSSR count). The number of carbonyl (C=O) groups is 1. The third-order valence-corrected chi connectivity index (χ3v) is 6.11. The molecule has 6 nitrogen and oxygen atoms in total. The quantitative estimate of drug-likeness (QED) is 0.627. The third kappa shape index (κ3) is 4.10. The lowest BCUT2D eigenvalue weighted by molar-refractivity contribution is 0.0321. The van der Waals surface area contributed by atoms with Gasteiger partial charge in [-0.15, -0.1) is 0 Å². The Morgan fingerprint density at radius 1 is 1.21 bits per heavy atom. The molecule has 2 aromatic heterocycles. The molecule has 7 heteroatoms. The van der Waals surface area contributed by atoms with Crippen LogP contribution in [0.4, 0.5) is 5.95 Å². The number of nitrogens with zero attached hydrogens (tertiary/aromatic N) is 4. The van der Waals surface area contributed by atoms with Gasteiger partial charge in [-0.3, -0.25) is 9.78 Å². The molecule has 1 amide bonds. The van der Waals surface area contributed by atoms with Crippen molar-refractivity contribution >= 4 is 38.7 Å². The number of likely N-dealkylation sites (tertiary alicyclic amines) is 1. The van der Waals surface area contributed by atoms with Crippen molar-refractivity contribution in [2.24, 2.45) is 5.41 Å². The summed E-state index contributed by atoms with van der Waals surface area (Å²) in [5.74, 6) is 0.597. The molecule has 1 aliphatic heterocycles. The molecule has 0 aliphatic carbocycles. The van der Waals surface area contributed by atoms with E-state index in [2.05, 4.69) is 50.0 Å². The average molecular weight is 454 g/mol. The van der Waals surface area contributed by atoms with E-state index < -0.39 is 0 Å². The van der Waals surface area contributed by atoms with E-state index in [1.54, 1.807) is 18.6 Å². The lowest BCUT2D eigenvalue weighted by atomic mass is 9.76. The molecule has 1 atom stereocenters. The molecule has 0 spiro atoms. The van der Waals surface area contributed by atoms with Crippen LogP contribution in [-0.4, -0.2) is 44.9 Å². The summed E-state index contributed by atoms with van der Waals surface area (Å²) in [6.07, 6.45) is 7.22. The molecule has 1 aliphatic rings. The number of carbonyl (C=O) groups excluding carboxylic acids is 1. The van der Waals surface area contributed by atoms with Crippen molar-refractivity contribution in [2.45, 2.75) is 32.7 Å². The number of benzene rings is 1. The lowest BCUT2D eigenvalue weighted by Gasteiger charge is -2.46. The maximum atomic E-state index is 13.6. The van der Waals surface area contributed by atoms with E-state index in [1.807, 2.05) is 35.2 Å². The van der Waals surface area contributed by atoms with Gasteiger partial charge in [-0.05, 0) is 46.3 Å². The zero-order valence-electron chi connectivity index (χ0n) is 16.6. The SMILES string of the molecule is CC1(C)CCCN(C(=O)c2cccc3cccnc23)[C@@H]1CNc1ncc(Br)cn1. The minimum atomic E-state index is -0.0196. The molecule has 0 saturated carbocycles. The Kier molecular flexibility index (Phi) is 5.50. The van der Waals surface area contributed by atoms with Gasteiger partial charge in [0.1, 0.15) is 0 Å². The van der Waals surface area contributed by atoms with Crippen LogP contribution in [0.25, 0.3) is 10.9 Å². The summed E-state index contributed by atoms with van der Waals surface area (Å²) in [4.78, 5) is 28.7. The van der Waals surface area contributed by atoms with Crippen LogP contribution in [0.5, 0.6) is 0 Å². The number of piperidine rings is 1. The Morgan fingerprint density at radius 2 is 1.97 bits per heavy atom. The van der Waals surface area contributed by atoms with Gasteiger partial charge in [-0.25, -0.2) is 9.97 Å². The van der Waals surface area contributed by atoms with Crippen LogP contribution in [0.15, 0.2) is 53.4 Å². The highest BCUT2D eigenvalue weighted by atomic mass is 79.9. The van der Waals surface area contributed by atoms with E-state index in [4.69, 9.17) is 0 Å². The molecule has 0 bridgehead atoms. The zero-order chi connectivity index (χ0) is 20.4. The minimum Gasteiger partial charge on any atom is -0.352 e.